The van der Waals surface area contributed by atoms with Gasteiger partial charge < -0.3 is 5.32 Å². The molecule has 1 aromatic heterocycles. The number of pyridine rings is 1. The topological polar surface area (TPSA) is 24.9 Å². The van der Waals surface area contributed by atoms with Gasteiger partial charge in [0.1, 0.15) is 0 Å². The highest BCUT2D eigenvalue weighted by molar-refractivity contribution is 9.10. The molecule has 0 saturated carbocycles. The minimum absolute atomic E-state index is 0.265. The van der Waals surface area contributed by atoms with E-state index in [9.17, 15) is 0 Å². The fraction of sp³-hybridized carbons (Fsp3) is 0.267. The normalized spacial score (nSPS) is 12.2. The molecule has 94 valence electrons. The van der Waals surface area contributed by atoms with Gasteiger partial charge in [0.15, 0.2) is 0 Å². The summed E-state index contributed by atoms with van der Waals surface area (Å²) in [5, 5.41) is 3.50. The number of nitrogens with zero attached hydrogens (tertiary/aromatic N) is 1. The van der Waals surface area contributed by atoms with Crippen molar-refractivity contribution in [2.75, 3.05) is 5.32 Å². The number of halogens is 1. The molecule has 0 fully saturated rings. The number of benzene rings is 1. The van der Waals surface area contributed by atoms with Crippen molar-refractivity contribution in [1.29, 1.82) is 0 Å². The van der Waals surface area contributed by atoms with E-state index >= 15 is 0 Å². The number of anilines is 1. The zero-order valence-corrected chi connectivity index (χ0v) is 12.5. The molecule has 0 amide bonds. The van der Waals surface area contributed by atoms with Gasteiger partial charge in [-0.15, -0.1) is 0 Å². The van der Waals surface area contributed by atoms with Crippen LogP contribution in [0.25, 0.3) is 0 Å². The zero-order chi connectivity index (χ0) is 13.1. The van der Waals surface area contributed by atoms with E-state index in [0.717, 1.165) is 21.5 Å². The molecule has 0 aliphatic rings. The molecule has 1 N–H and O–H groups in total. The predicted molar refractivity (Wildman–Crippen MR) is 79.9 cm³/mol. The second-order valence-electron chi connectivity index (χ2n) is 4.50. The molecule has 2 aromatic rings. The second kappa shape index (κ2) is 5.53. The summed E-state index contributed by atoms with van der Waals surface area (Å²) in [6.45, 7) is 6.20. The number of nitrogens with one attached hydrogen (secondary N) is 1. The molecular weight excluding hydrogens is 288 g/mol. The molecule has 0 aliphatic heterocycles. The molecule has 1 atom stereocenters. The maximum atomic E-state index is 4.46. The van der Waals surface area contributed by atoms with Crippen LogP contribution in [0, 0.1) is 13.8 Å². The first-order valence-corrected chi connectivity index (χ1v) is 6.82. The Bertz CT molecular complexity index is 535. The zero-order valence-electron chi connectivity index (χ0n) is 10.9. The van der Waals surface area contributed by atoms with Crippen LogP contribution in [0.5, 0.6) is 0 Å². The largest absolute Gasteiger partial charge is 0.377 e. The highest BCUT2D eigenvalue weighted by Crippen LogP contribution is 2.22. The Balaban J connectivity index is 2.15. The van der Waals surface area contributed by atoms with Gasteiger partial charge in [0.05, 0.1) is 11.4 Å². The molecule has 0 radical (unpaired) electrons. The molecule has 1 heterocycles. The minimum atomic E-state index is 0.265. The molecule has 18 heavy (non-hydrogen) atoms. The summed E-state index contributed by atoms with van der Waals surface area (Å²) in [4.78, 5) is 4.46. The number of aryl methyl sites for hydroxylation is 2. The first-order chi connectivity index (χ1) is 8.56. The molecule has 3 heteroatoms. The van der Waals surface area contributed by atoms with Crippen LogP contribution in [0.2, 0.25) is 0 Å². The van der Waals surface area contributed by atoms with Crippen LogP contribution < -0.4 is 5.32 Å². The molecule has 2 nitrogen and oxygen atoms in total. The lowest BCUT2D eigenvalue weighted by molar-refractivity contribution is 0.877. The molecule has 1 unspecified atom stereocenters. The lowest BCUT2D eigenvalue weighted by Gasteiger charge is -2.17. The van der Waals surface area contributed by atoms with Crippen molar-refractivity contribution < 1.29 is 0 Å². The van der Waals surface area contributed by atoms with E-state index in [2.05, 4.69) is 63.5 Å². The van der Waals surface area contributed by atoms with Gasteiger partial charge >= 0.3 is 0 Å². The summed E-state index contributed by atoms with van der Waals surface area (Å²) in [5.41, 5.74) is 4.45. The van der Waals surface area contributed by atoms with Crippen molar-refractivity contribution in [2.45, 2.75) is 26.8 Å². The number of rotatable bonds is 3. The molecule has 1 aromatic carbocycles. The lowest BCUT2D eigenvalue weighted by Crippen LogP contribution is -2.08. The highest BCUT2D eigenvalue weighted by atomic mass is 79.9. The van der Waals surface area contributed by atoms with Gasteiger partial charge in [-0.05, 0) is 50.6 Å². The number of hydrogen-bond donors (Lipinski definition) is 1. The Kier molecular flexibility index (Phi) is 4.02. The molecule has 2 rings (SSSR count). The summed E-state index contributed by atoms with van der Waals surface area (Å²) in [7, 11) is 0. The molecule has 0 bridgehead atoms. The van der Waals surface area contributed by atoms with Gasteiger partial charge in [-0.25, -0.2) is 0 Å². The SMILES string of the molecule is Cc1ccc(NC(C)c2ccc(Br)cc2)c(C)n1. The molecule has 0 aliphatic carbocycles. The summed E-state index contributed by atoms with van der Waals surface area (Å²) >= 11 is 3.45. The Hall–Kier alpha value is -1.35. The summed E-state index contributed by atoms with van der Waals surface area (Å²) < 4.78 is 1.10. The summed E-state index contributed by atoms with van der Waals surface area (Å²) in [6, 6.07) is 12.8. The quantitative estimate of drug-likeness (QED) is 0.894. The van der Waals surface area contributed by atoms with Gasteiger partial charge in [0, 0.05) is 16.2 Å². The van der Waals surface area contributed by atoms with Crippen molar-refractivity contribution in [3.05, 3.63) is 57.8 Å². The molecular formula is C15H17BrN2. The summed E-state index contributed by atoms with van der Waals surface area (Å²) in [6.07, 6.45) is 0. The van der Waals surface area contributed by atoms with Gasteiger partial charge in [-0.2, -0.15) is 0 Å². The lowest BCUT2D eigenvalue weighted by atomic mass is 10.1. The third-order valence-corrected chi connectivity index (χ3v) is 3.50. The number of hydrogen-bond acceptors (Lipinski definition) is 2. The fourth-order valence-corrected chi connectivity index (χ4v) is 2.17. The van der Waals surface area contributed by atoms with E-state index in [4.69, 9.17) is 0 Å². The van der Waals surface area contributed by atoms with E-state index in [1.54, 1.807) is 0 Å². The average Bonchev–Trinajstić information content (AvgIpc) is 2.33. The van der Waals surface area contributed by atoms with Crippen LogP contribution in [0.3, 0.4) is 0 Å². The van der Waals surface area contributed by atoms with E-state index in [1.165, 1.54) is 5.56 Å². The Morgan fingerprint density at radius 2 is 1.72 bits per heavy atom. The summed E-state index contributed by atoms with van der Waals surface area (Å²) in [5.74, 6) is 0. The maximum Gasteiger partial charge on any atom is 0.0607 e. The Morgan fingerprint density at radius 1 is 1.06 bits per heavy atom. The van der Waals surface area contributed by atoms with Crippen molar-refractivity contribution >= 4 is 21.6 Å². The van der Waals surface area contributed by atoms with Gasteiger partial charge in [-0.1, -0.05) is 28.1 Å². The first kappa shape index (κ1) is 13.1. The molecule has 0 saturated heterocycles. The van der Waals surface area contributed by atoms with Crippen LogP contribution in [-0.4, -0.2) is 4.98 Å². The second-order valence-corrected chi connectivity index (χ2v) is 5.42. The van der Waals surface area contributed by atoms with Crippen LogP contribution in [-0.2, 0) is 0 Å². The van der Waals surface area contributed by atoms with Gasteiger partial charge in [0.25, 0.3) is 0 Å². The maximum absolute atomic E-state index is 4.46. The van der Waals surface area contributed by atoms with E-state index < -0.39 is 0 Å². The Labute approximate surface area is 117 Å². The Morgan fingerprint density at radius 3 is 2.33 bits per heavy atom. The van der Waals surface area contributed by atoms with Crippen molar-refractivity contribution in [3.63, 3.8) is 0 Å². The smallest absolute Gasteiger partial charge is 0.0607 e. The predicted octanol–water partition coefficient (Wildman–Crippen LogP) is 4.63. The monoisotopic (exact) mass is 304 g/mol. The van der Waals surface area contributed by atoms with Gasteiger partial charge in [0.2, 0.25) is 0 Å². The van der Waals surface area contributed by atoms with Crippen molar-refractivity contribution in [2.24, 2.45) is 0 Å². The first-order valence-electron chi connectivity index (χ1n) is 6.02. The fourth-order valence-electron chi connectivity index (χ4n) is 1.91. The average molecular weight is 305 g/mol. The van der Waals surface area contributed by atoms with E-state index in [1.807, 2.05) is 19.9 Å². The molecule has 0 spiro atoms. The third-order valence-electron chi connectivity index (χ3n) is 2.97. The van der Waals surface area contributed by atoms with Crippen LogP contribution in [0.4, 0.5) is 5.69 Å². The van der Waals surface area contributed by atoms with Gasteiger partial charge in [-0.3, -0.25) is 4.98 Å². The van der Waals surface area contributed by atoms with Crippen LogP contribution in [0.1, 0.15) is 29.9 Å². The standard InChI is InChI=1S/C15H17BrN2/c1-10-4-9-15(12(3)17-10)18-11(2)13-5-7-14(16)8-6-13/h4-9,11,18H,1-3H3. The van der Waals surface area contributed by atoms with E-state index in [-0.39, 0.29) is 6.04 Å². The minimum Gasteiger partial charge on any atom is -0.377 e. The number of aromatic nitrogens is 1. The van der Waals surface area contributed by atoms with Crippen molar-refractivity contribution in [1.82, 2.24) is 4.98 Å². The highest BCUT2D eigenvalue weighted by Gasteiger charge is 2.07. The van der Waals surface area contributed by atoms with Crippen LogP contribution in [0.15, 0.2) is 40.9 Å². The van der Waals surface area contributed by atoms with Crippen LogP contribution >= 0.6 is 15.9 Å². The van der Waals surface area contributed by atoms with E-state index in [0.29, 0.717) is 0 Å². The third kappa shape index (κ3) is 3.10. The van der Waals surface area contributed by atoms with Crippen molar-refractivity contribution in [3.8, 4) is 0 Å².